The van der Waals surface area contributed by atoms with Crippen molar-refractivity contribution in [2.75, 3.05) is 19.8 Å². The van der Waals surface area contributed by atoms with E-state index in [2.05, 4.69) is 9.13 Å². The summed E-state index contributed by atoms with van der Waals surface area (Å²) in [5.74, 6) is -1.17. The molecule has 1 aliphatic heterocycles. The van der Waals surface area contributed by atoms with E-state index >= 15 is 0 Å². The molecule has 0 saturated carbocycles. The number of halogens is 3. The van der Waals surface area contributed by atoms with Crippen LogP contribution in [-0.2, 0) is 29.7 Å². The van der Waals surface area contributed by atoms with Crippen LogP contribution in [0, 0.1) is 0 Å². The average Bonchev–Trinajstić information content (AvgIpc) is 3.27. The van der Waals surface area contributed by atoms with E-state index in [0.29, 0.717) is 13.2 Å². The van der Waals surface area contributed by atoms with Gasteiger partial charge in [0.25, 0.3) is 5.82 Å². The molecule has 0 radical (unpaired) electrons. The minimum Gasteiger partial charge on any atom is -0.542 e. The Hall–Kier alpha value is -2.37. The number of carboxylic acids is 1. The lowest BCUT2D eigenvalue weighted by Crippen LogP contribution is -2.37. The molecule has 162 valence electrons. The molecule has 0 bridgehead atoms. The van der Waals surface area contributed by atoms with E-state index in [1.165, 1.54) is 0 Å². The number of aliphatic carboxylic acids is 1. The highest BCUT2D eigenvalue weighted by atomic mass is 19.4. The zero-order valence-corrected chi connectivity index (χ0v) is 15.9. The first kappa shape index (κ1) is 22.9. The lowest BCUT2D eigenvalue weighted by molar-refractivity contribution is -0.654. The molecule has 1 aliphatic rings. The molecule has 0 amide bonds. The monoisotopic (exact) mass is 419 g/mol. The summed E-state index contributed by atoms with van der Waals surface area (Å²) in [4.78, 5) is 8.78. The van der Waals surface area contributed by atoms with Gasteiger partial charge in [-0.2, -0.15) is 13.2 Å². The number of fused-ring (bicyclic) bond motifs is 1. The van der Waals surface area contributed by atoms with Gasteiger partial charge in [-0.25, -0.2) is 9.13 Å². The van der Waals surface area contributed by atoms with Crippen LogP contribution in [0.4, 0.5) is 13.2 Å². The molecule has 1 saturated heterocycles. The molecule has 8 nitrogen and oxygen atoms in total. The Bertz CT molecular complexity index is 832. The van der Waals surface area contributed by atoms with Crippen LogP contribution in [0.3, 0.4) is 0 Å². The molecule has 1 fully saturated rings. The van der Waals surface area contributed by atoms with Gasteiger partial charge in [0.1, 0.15) is 24.9 Å². The zero-order chi connectivity index (χ0) is 21.6. The number of rotatable bonds is 6. The van der Waals surface area contributed by atoms with Gasteiger partial charge in [-0.05, 0) is 25.0 Å². The fraction of sp³-hybridized carbons (Fsp3) is 0.556. The molecule has 11 heteroatoms. The number of aliphatic hydroxyl groups excluding tert-OH is 1. The molecule has 2 aromatic rings. The van der Waals surface area contributed by atoms with E-state index in [-0.39, 0.29) is 12.7 Å². The first-order chi connectivity index (χ1) is 13.7. The van der Waals surface area contributed by atoms with Crippen molar-refractivity contribution in [2.24, 2.45) is 12.8 Å². The summed E-state index contributed by atoms with van der Waals surface area (Å²) in [6.07, 6.45) is -2.73. The summed E-state index contributed by atoms with van der Waals surface area (Å²) in [7, 11) is 2.03. The van der Waals surface area contributed by atoms with Gasteiger partial charge < -0.3 is 30.2 Å². The average molecular weight is 419 g/mol. The standard InChI is InChI=1S/C16H24N3O3.C2HF3O2/c1-18-14-5-4-12(22-8-6-20)9-15(14)19(16(18)10-17)11-13-3-2-7-21-13;3-2(4,5)1(6)7/h4-5,9,13,20H,2-3,6-8,10-11,17H2,1H3;(H,6,7)/q+1;/p-1/t13-;/m0./s1. The first-order valence-electron chi connectivity index (χ1n) is 9.03. The van der Waals surface area contributed by atoms with Crippen LogP contribution in [0.2, 0.25) is 0 Å². The Kier molecular flexibility index (Phi) is 7.82. The molecule has 1 atom stereocenters. The second-order valence-electron chi connectivity index (χ2n) is 6.43. The van der Waals surface area contributed by atoms with E-state index in [1.807, 2.05) is 25.2 Å². The van der Waals surface area contributed by atoms with Gasteiger partial charge in [-0.15, -0.1) is 0 Å². The Labute approximate surface area is 165 Å². The number of benzene rings is 1. The smallest absolute Gasteiger partial charge is 0.430 e. The summed E-state index contributed by atoms with van der Waals surface area (Å²) in [5, 5.41) is 17.7. The number of carboxylic acid groups (broad SMARTS) is 1. The maximum absolute atomic E-state index is 10.5. The van der Waals surface area contributed by atoms with Crippen LogP contribution in [-0.4, -0.2) is 47.7 Å². The fourth-order valence-corrected chi connectivity index (χ4v) is 3.16. The summed E-state index contributed by atoms with van der Waals surface area (Å²) < 4.78 is 47.2. The molecule has 0 spiro atoms. The molecule has 29 heavy (non-hydrogen) atoms. The van der Waals surface area contributed by atoms with Gasteiger partial charge in [0.2, 0.25) is 0 Å². The highest BCUT2D eigenvalue weighted by molar-refractivity contribution is 5.74. The number of imidazole rings is 1. The van der Waals surface area contributed by atoms with E-state index in [4.69, 9.17) is 30.2 Å². The minimum absolute atomic E-state index is 0.0107. The van der Waals surface area contributed by atoms with E-state index in [0.717, 1.165) is 48.6 Å². The second kappa shape index (κ2) is 9.90. The van der Waals surface area contributed by atoms with Crippen LogP contribution in [0.1, 0.15) is 18.7 Å². The summed E-state index contributed by atoms with van der Waals surface area (Å²) in [6.45, 7) is 2.45. The predicted octanol–water partition coefficient (Wildman–Crippen LogP) is -0.227. The maximum atomic E-state index is 10.5. The minimum atomic E-state index is -5.19. The molecule has 3 rings (SSSR count). The quantitative estimate of drug-likeness (QED) is 0.626. The number of alkyl halides is 3. The number of ether oxygens (including phenoxy) is 2. The van der Waals surface area contributed by atoms with Gasteiger partial charge in [0.15, 0.2) is 11.0 Å². The van der Waals surface area contributed by atoms with Crippen molar-refractivity contribution in [3.8, 4) is 5.75 Å². The van der Waals surface area contributed by atoms with Gasteiger partial charge in [-0.1, -0.05) is 0 Å². The van der Waals surface area contributed by atoms with Crippen LogP contribution in [0.5, 0.6) is 5.75 Å². The molecule has 0 unspecified atom stereocenters. The van der Waals surface area contributed by atoms with Crippen molar-refractivity contribution < 1.29 is 42.2 Å². The first-order valence-corrected chi connectivity index (χ1v) is 9.03. The van der Waals surface area contributed by atoms with Crippen LogP contribution >= 0.6 is 0 Å². The third-order valence-electron chi connectivity index (χ3n) is 4.48. The van der Waals surface area contributed by atoms with E-state index < -0.39 is 12.1 Å². The van der Waals surface area contributed by atoms with Crippen molar-refractivity contribution >= 4 is 17.0 Å². The van der Waals surface area contributed by atoms with Crippen molar-refractivity contribution in [3.05, 3.63) is 24.0 Å². The topological polar surface area (TPSA) is 114 Å². The van der Waals surface area contributed by atoms with Crippen molar-refractivity contribution in [1.29, 1.82) is 0 Å². The maximum Gasteiger partial charge on any atom is 0.430 e. The van der Waals surface area contributed by atoms with Crippen molar-refractivity contribution in [3.63, 3.8) is 0 Å². The lowest BCUT2D eigenvalue weighted by atomic mass is 10.2. The summed E-state index contributed by atoms with van der Waals surface area (Å²) in [5.41, 5.74) is 8.17. The number of hydrogen-bond donors (Lipinski definition) is 2. The molecule has 1 aromatic heterocycles. The van der Waals surface area contributed by atoms with Crippen LogP contribution in [0.25, 0.3) is 11.0 Å². The number of nitrogens with zero attached hydrogens (tertiary/aromatic N) is 2. The fourth-order valence-electron chi connectivity index (χ4n) is 3.16. The summed E-state index contributed by atoms with van der Waals surface area (Å²) >= 11 is 0. The zero-order valence-electron chi connectivity index (χ0n) is 15.9. The lowest BCUT2D eigenvalue weighted by Gasteiger charge is -2.09. The second-order valence-corrected chi connectivity index (χ2v) is 6.43. The van der Waals surface area contributed by atoms with Crippen LogP contribution in [0.15, 0.2) is 18.2 Å². The molecule has 2 heterocycles. The van der Waals surface area contributed by atoms with Gasteiger partial charge >= 0.3 is 6.18 Å². The highest BCUT2D eigenvalue weighted by Gasteiger charge is 2.29. The largest absolute Gasteiger partial charge is 0.542 e. The number of carbonyl (C=O) groups is 1. The molecular formula is C18H24F3N3O5. The number of carbonyl (C=O) groups excluding carboxylic acids is 1. The molecule has 0 aliphatic carbocycles. The number of nitrogens with two attached hydrogens (primary N) is 1. The third kappa shape index (κ3) is 5.81. The van der Waals surface area contributed by atoms with Crippen LogP contribution < -0.4 is 20.1 Å². The normalized spacial score (nSPS) is 16.6. The van der Waals surface area contributed by atoms with E-state index in [1.54, 1.807) is 0 Å². The highest BCUT2D eigenvalue weighted by Crippen LogP contribution is 2.23. The SMILES string of the molecule is C[n+]1c(CN)n(C[C@@H]2CCCO2)c2cc(OCCO)ccc21.O=C([O-])C(F)(F)F. The number of hydrogen-bond acceptors (Lipinski definition) is 6. The Balaban J connectivity index is 0.000000370. The van der Waals surface area contributed by atoms with Crippen molar-refractivity contribution in [2.45, 2.75) is 38.2 Å². The number of aliphatic hydroxyl groups is 1. The molecular weight excluding hydrogens is 395 g/mol. The Morgan fingerprint density at radius 3 is 2.69 bits per heavy atom. The Morgan fingerprint density at radius 2 is 2.17 bits per heavy atom. The van der Waals surface area contributed by atoms with Crippen molar-refractivity contribution in [1.82, 2.24) is 4.57 Å². The van der Waals surface area contributed by atoms with E-state index in [9.17, 15) is 13.2 Å². The number of aromatic nitrogens is 2. The molecule has 3 N–H and O–H groups in total. The molecule has 1 aromatic carbocycles. The van der Waals surface area contributed by atoms with Gasteiger partial charge in [-0.3, -0.25) is 0 Å². The van der Waals surface area contributed by atoms with Gasteiger partial charge in [0.05, 0.1) is 26.3 Å². The third-order valence-corrected chi connectivity index (χ3v) is 4.48. The predicted molar refractivity (Wildman–Crippen MR) is 93.6 cm³/mol. The summed E-state index contributed by atoms with van der Waals surface area (Å²) in [6, 6.07) is 5.97. The Morgan fingerprint density at radius 1 is 1.48 bits per heavy atom. The number of aryl methyl sites for hydroxylation is 1. The van der Waals surface area contributed by atoms with Gasteiger partial charge in [0, 0.05) is 12.7 Å².